The molecule has 0 saturated heterocycles. The van der Waals surface area contributed by atoms with Crippen LogP contribution in [-0.2, 0) is 19.6 Å². The monoisotopic (exact) mass is 381 g/mol. The number of amides is 1. The van der Waals surface area contributed by atoms with Crippen LogP contribution < -0.4 is 4.74 Å². The molecule has 1 N–H and O–H groups in total. The molecule has 6 nitrogen and oxygen atoms in total. The van der Waals surface area contributed by atoms with E-state index in [-0.39, 0.29) is 11.7 Å². The van der Waals surface area contributed by atoms with Crippen LogP contribution in [0.1, 0.15) is 43.9 Å². The zero-order valence-corrected chi connectivity index (χ0v) is 15.7. The van der Waals surface area contributed by atoms with Crippen LogP contribution in [0.25, 0.3) is 0 Å². The molecule has 0 unspecified atom stereocenters. The summed E-state index contributed by atoms with van der Waals surface area (Å²) in [6.45, 7) is 2.98. The van der Waals surface area contributed by atoms with Crippen LogP contribution in [0.2, 0.25) is 0 Å². The average molecular weight is 381 g/mol. The highest BCUT2D eigenvalue weighted by Crippen LogP contribution is 2.24. The third-order valence-electron chi connectivity index (χ3n) is 4.62. The second-order valence-corrected chi connectivity index (χ2v) is 7.37. The third-order valence-corrected chi connectivity index (χ3v) is 5.65. The minimum Gasteiger partial charge on any atom is -0.487 e. The second-order valence-electron chi connectivity index (χ2n) is 6.46. The van der Waals surface area contributed by atoms with Crippen molar-refractivity contribution in [2.24, 2.45) is 0 Å². The van der Waals surface area contributed by atoms with E-state index in [2.05, 4.69) is 10.2 Å². The van der Waals surface area contributed by atoms with Crippen LogP contribution in [0.3, 0.4) is 0 Å². The number of Topliss-reactive ketones (excluding diaryl/α,β-unsaturated/α-hetero) is 1. The lowest BCUT2D eigenvalue weighted by Crippen LogP contribution is -2.36. The zero-order chi connectivity index (χ0) is 18.8. The Kier molecular flexibility index (Phi) is 4.77. The summed E-state index contributed by atoms with van der Waals surface area (Å²) in [6, 6.07) is 11.3. The Morgan fingerprint density at radius 1 is 1.30 bits per heavy atom. The molecule has 0 spiro atoms. The third kappa shape index (κ3) is 3.64. The summed E-state index contributed by atoms with van der Waals surface area (Å²) in [5.74, 6) is 0.712. The summed E-state index contributed by atoms with van der Waals surface area (Å²) in [7, 11) is 0. The number of hydrogen-bond donors (Lipinski definition) is 1. The van der Waals surface area contributed by atoms with Crippen LogP contribution in [-0.4, -0.2) is 33.3 Å². The van der Waals surface area contributed by atoms with E-state index in [0.29, 0.717) is 30.1 Å². The fourth-order valence-electron chi connectivity index (χ4n) is 3.13. The van der Waals surface area contributed by atoms with Crippen molar-refractivity contribution in [1.82, 2.24) is 15.1 Å². The average Bonchev–Trinajstić information content (AvgIpc) is 3.34. The molecule has 3 heterocycles. The van der Waals surface area contributed by atoms with Crippen molar-refractivity contribution in [3.05, 3.63) is 69.2 Å². The van der Waals surface area contributed by atoms with Gasteiger partial charge >= 0.3 is 0 Å². The number of carbonyl (C=O) groups excluding carboxylic acids is 2. The van der Waals surface area contributed by atoms with Gasteiger partial charge in [-0.15, -0.1) is 11.3 Å². The molecule has 0 saturated carbocycles. The number of ketones is 1. The summed E-state index contributed by atoms with van der Waals surface area (Å²) < 4.78 is 5.80. The number of aromatic nitrogens is 2. The number of H-pyrrole nitrogens is 1. The lowest BCUT2D eigenvalue weighted by molar-refractivity contribution is 0.0733. The lowest BCUT2D eigenvalue weighted by Gasteiger charge is -2.27. The van der Waals surface area contributed by atoms with Gasteiger partial charge in [0.05, 0.1) is 10.4 Å². The largest absolute Gasteiger partial charge is 0.487 e. The number of nitrogens with one attached hydrogen (secondary N) is 1. The Hall–Kier alpha value is -2.93. The maximum Gasteiger partial charge on any atom is 0.255 e. The molecule has 1 amide bonds. The van der Waals surface area contributed by atoms with Crippen LogP contribution in [0.4, 0.5) is 0 Å². The number of nitrogens with zero attached hydrogens (tertiary/aromatic N) is 2. The van der Waals surface area contributed by atoms with Gasteiger partial charge in [0, 0.05) is 36.1 Å². The van der Waals surface area contributed by atoms with E-state index in [1.807, 2.05) is 30.3 Å². The fourth-order valence-corrected chi connectivity index (χ4v) is 3.91. The van der Waals surface area contributed by atoms with Gasteiger partial charge in [0.1, 0.15) is 18.1 Å². The molecule has 2 aromatic heterocycles. The van der Waals surface area contributed by atoms with E-state index in [0.717, 1.165) is 29.1 Å². The highest BCUT2D eigenvalue weighted by Gasteiger charge is 2.26. The van der Waals surface area contributed by atoms with Gasteiger partial charge in [-0.3, -0.25) is 14.7 Å². The molecule has 4 rings (SSSR count). The highest BCUT2D eigenvalue weighted by molar-refractivity contribution is 7.12. The molecule has 138 valence electrons. The number of benzene rings is 1. The topological polar surface area (TPSA) is 75.3 Å². The number of aromatic amines is 1. The van der Waals surface area contributed by atoms with E-state index in [1.165, 1.54) is 18.3 Å². The molecular weight excluding hydrogens is 362 g/mol. The Morgan fingerprint density at radius 3 is 2.85 bits per heavy atom. The molecule has 3 aromatic rings. The molecule has 1 aliphatic heterocycles. The maximum absolute atomic E-state index is 12.8. The maximum atomic E-state index is 12.8. The van der Waals surface area contributed by atoms with E-state index >= 15 is 0 Å². The first-order chi connectivity index (χ1) is 13.1. The first kappa shape index (κ1) is 17.5. The number of rotatable bonds is 5. The van der Waals surface area contributed by atoms with Gasteiger partial charge in [-0.2, -0.15) is 5.10 Å². The van der Waals surface area contributed by atoms with Gasteiger partial charge in [-0.05, 0) is 25.1 Å². The highest BCUT2D eigenvalue weighted by atomic mass is 32.1. The second kappa shape index (κ2) is 7.36. The van der Waals surface area contributed by atoms with Crippen LogP contribution >= 0.6 is 11.3 Å². The molecule has 0 atom stereocenters. The smallest absolute Gasteiger partial charge is 0.255 e. The first-order valence-electron chi connectivity index (χ1n) is 8.73. The Bertz CT molecular complexity index is 978. The molecule has 1 aliphatic rings. The predicted molar refractivity (Wildman–Crippen MR) is 102 cm³/mol. The van der Waals surface area contributed by atoms with Gasteiger partial charge in [0.15, 0.2) is 5.78 Å². The number of thiophene rings is 1. The minimum atomic E-state index is -0.0551. The van der Waals surface area contributed by atoms with Crippen LogP contribution in [0.15, 0.2) is 41.8 Å². The van der Waals surface area contributed by atoms with Crippen LogP contribution in [0.5, 0.6) is 5.75 Å². The number of fused-ring (bicyclic) bond motifs is 1. The summed E-state index contributed by atoms with van der Waals surface area (Å²) in [5, 5.41) is 9.20. The van der Waals surface area contributed by atoms with Gasteiger partial charge in [-0.1, -0.05) is 18.2 Å². The normalized spacial score (nSPS) is 13.3. The molecule has 0 fully saturated rings. The van der Waals surface area contributed by atoms with Crippen LogP contribution in [0, 0.1) is 0 Å². The Labute approximate surface area is 160 Å². The van der Waals surface area contributed by atoms with Crippen molar-refractivity contribution >= 4 is 23.0 Å². The molecule has 0 aliphatic carbocycles. The van der Waals surface area contributed by atoms with Gasteiger partial charge < -0.3 is 9.64 Å². The number of carbonyl (C=O) groups is 2. The van der Waals surface area contributed by atoms with Crippen molar-refractivity contribution in [2.75, 3.05) is 6.54 Å². The quantitative estimate of drug-likeness (QED) is 0.687. The van der Waals surface area contributed by atoms with Crippen molar-refractivity contribution in [1.29, 1.82) is 0 Å². The minimum absolute atomic E-state index is 0.0184. The molecule has 0 radical (unpaired) electrons. The summed E-state index contributed by atoms with van der Waals surface area (Å²) in [6.07, 6.45) is 0.725. The zero-order valence-electron chi connectivity index (χ0n) is 14.9. The molecule has 0 bridgehead atoms. The summed E-state index contributed by atoms with van der Waals surface area (Å²) >= 11 is 1.31. The van der Waals surface area contributed by atoms with E-state index in [1.54, 1.807) is 16.3 Å². The predicted octanol–water partition coefficient (Wildman–Crippen LogP) is 3.45. The SMILES string of the molecule is CC(=O)c1cc(C(=O)N2CCc3[nH]nc(COc4ccccc4)c3C2)cs1. The number of hydrogen-bond acceptors (Lipinski definition) is 5. The van der Waals surface area contributed by atoms with E-state index in [9.17, 15) is 9.59 Å². The number of ether oxygens (including phenoxy) is 1. The fraction of sp³-hybridized carbons (Fsp3) is 0.250. The number of para-hydroxylation sites is 1. The molecular formula is C20H19N3O3S. The summed E-state index contributed by atoms with van der Waals surface area (Å²) in [4.78, 5) is 26.7. The van der Waals surface area contributed by atoms with Crippen molar-refractivity contribution in [2.45, 2.75) is 26.5 Å². The Balaban J connectivity index is 1.48. The molecule has 7 heteroatoms. The van der Waals surface area contributed by atoms with E-state index < -0.39 is 0 Å². The van der Waals surface area contributed by atoms with Crippen molar-refractivity contribution < 1.29 is 14.3 Å². The van der Waals surface area contributed by atoms with Gasteiger partial charge in [-0.25, -0.2) is 0 Å². The summed E-state index contributed by atoms with van der Waals surface area (Å²) in [5.41, 5.74) is 3.47. The van der Waals surface area contributed by atoms with Crippen molar-refractivity contribution in [3.63, 3.8) is 0 Å². The lowest BCUT2D eigenvalue weighted by atomic mass is 10.0. The van der Waals surface area contributed by atoms with E-state index in [4.69, 9.17) is 4.74 Å². The van der Waals surface area contributed by atoms with Gasteiger partial charge in [0.25, 0.3) is 5.91 Å². The molecule has 27 heavy (non-hydrogen) atoms. The standard InChI is InChI=1S/C20H19N3O3S/c1-13(24)19-9-14(12-27-19)20(25)23-8-7-17-16(10-23)18(22-21-17)11-26-15-5-3-2-4-6-15/h2-6,9,12H,7-8,10-11H2,1H3,(H,21,22). The first-order valence-corrected chi connectivity index (χ1v) is 9.61. The van der Waals surface area contributed by atoms with Gasteiger partial charge in [0.2, 0.25) is 0 Å². The molecule has 1 aromatic carbocycles. The Morgan fingerprint density at radius 2 is 2.11 bits per heavy atom. The van der Waals surface area contributed by atoms with Crippen molar-refractivity contribution in [3.8, 4) is 5.75 Å².